The van der Waals surface area contributed by atoms with Gasteiger partial charge in [-0.25, -0.2) is 8.42 Å². The zero-order chi connectivity index (χ0) is 16.3. The Morgan fingerprint density at radius 3 is 2.50 bits per heavy atom. The van der Waals surface area contributed by atoms with E-state index in [4.69, 9.17) is 4.74 Å². The third-order valence-corrected chi connectivity index (χ3v) is 4.45. The number of aromatic carboxylic acids is 1. The van der Waals surface area contributed by atoms with Crippen molar-refractivity contribution in [3.8, 4) is 5.75 Å². The first-order valence-electron chi connectivity index (χ1n) is 6.33. The van der Waals surface area contributed by atoms with Gasteiger partial charge in [0.05, 0.1) is 23.7 Å². The summed E-state index contributed by atoms with van der Waals surface area (Å²) in [6, 6.07) is 10.3. The molecule has 0 radical (unpaired) electrons. The molecule has 0 aliphatic heterocycles. The van der Waals surface area contributed by atoms with E-state index in [0.29, 0.717) is 11.3 Å². The number of carboxylic acids is 1. The van der Waals surface area contributed by atoms with Gasteiger partial charge < -0.3 is 14.6 Å². The summed E-state index contributed by atoms with van der Waals surface area (Å²) in [6.45, 7) is 1.56. The number of carbonyl (C=O) groups excluding carboxylic acids is 1. The summed E-state index contributed by atoms with van der Waals surface area (Å²) in [5, 5.41) is 11.0. The molecule has 1 N–H and O–H groups in total. The standard InChI is InChI=1S/C15H15NO5S/c1-10-7-8-11(9-12(10)15(17)18)22(19,20)16-13-5-3-4-6-14(13)21-2/h3-9,16H,1-2H3,(H,17,18)/p-1. The molecular formula is C15H14NO5S-. The molecular weight excluding hydrogens is 306 g/mol. The second-order valence-corrected chi connectivity index (χ2v) is 6.25. The maximum Gasteiger partial charge on any atom is 0.262 e. The number of rotatable bonds is 5. The Labute approximate surface area is 128 Å². The highest BCUT2D eigenvalue weighted by Crippen LogP contribution is 2.26. The van der Waals surface area contributed by atoms with Gasteiger partial charge in [-0.1, -0.05) is 18.2 Å². The van der Waals surface area contributed by atoms with Crippen LogP contribution in [0.5, 0.6) is 5.75 Å². The van der Waals surface area contributed by atoms with Gasteiger partial charge >= 0.3 is 0 Å². The highest BCUT2D eigenvalue weighted by molar-refractivity contribution is 7.92. The van der Waals surface area contributed by atoms with Crippen molar-refractivity contribution in [2.24, 2.45) is 0 Å². The molecule has 0 amide bonds. The summed E-state index contributed by atoms with van der Waals surface area (Å²) in [4.78, 5) is 10.8. The molecule has 2 aromatic carbocycles. The molecule has 0 heterocycles. The predicted octanol–water partition coefficient (Wildman–Crippen LogP) is 1.17. The highest BCUT2D eigenvalue weighted by Gasteiger charge is 2.17. The van der Waals surface area contributed by atoms with E-state index in [9.17, 15) is 18.3 Å². The van der Waals surface area contributed by atoms with E-state index in [1.807, 2.05) is 0 Å². The van der Waals surface area contributed by atoms with Crippen molar-refractivity contribution < 1.29 is 23.1 Å². The normalized spacial score (nSPS) is 11.0. The molecule has 22 heavy (non-hydrogen) atoms. The largest absolute Gasteiger partial charge is 0.545 e. The quantitative estimate of drug-likeness (QED) is 0.892. The van der Waals surface area contributed by atoms with E-state index in [1.165, 1.54) is 19.2 Å². The van der Waals surface area contributed by atoms with Gasteiger partial charge in [0.2, 0.25) is 0 Å². The van der Waals surface area contributed by atoms with Crippen LogP contribution in [0.15, 0.2) is 47.4 Å². The minimum atomic E-state index is -3.94. The Balaban J connectivity index is 2.43. The fourth-order valence-corrected chi connectivity index (χ4v) is 3.02. The maximum atomic E-state index is 12.4. The number of sulfonamides is 1. The van der Waals surface area contributed by atoms with Crippen LogP contribution in [0.3, 0.4) is 0 Å². The number of hydrogen-bond acceptors (Lipinski definition) is 5. The fraction of sp³-hybridized carbons (Fsp3) is 0.133. The van der Waals surface area contributed by atoms with Crippen LogP contribution < -0.4 is 14.6 Å². The van der Waals surface area contributed by atoms with E-state index in [0.717, 1.165) is 6.07 Å². The summed E-state index contributed by atoms with van der Waals surface area (Å²) in [5.41, 5.74) is 0.528. The number of para-hydroxylation sites is 2. The second kappa shape index (κ2) is 6.07. The first kappa shape index (κ1) is 15.8. The van der Waals surface area contributed by atoms with Crippen LogP contribution in [0.1, 0.15) is 15.9 Å². The number of carbonyl (C=O) groups is 1. The van der Waals surface area contributed by atoms with E-state index in [2.05, 4.69) is 4.72 Å². The molecule has 7 heteroatoms. The molecule has 6 nitrogen and oxygen atoms in total. The molecule has 0 saturated carbocycles. The van der Waals surface area contributed by atoms with Crippen LogP contribution in [0.2, 0.25) is 0 Å². The number of hydrogen-bond donors (Lipinski definition) is 1. The van der Waals surface area contributed by atoms with Crippen LogP contribution in [0.25, 0.3) is 0 Å². The first-order chi connectivity index (χ1) is 10.3. The molecule has 0 aromatic heterocycles. The minimum absolute atomic E-state index is 0.164. The van der Waals surface area contributed by atoms with E-state index < -0.39 is 16.0 Å². The van der Waals surface area contributed by atoms with Crippen molar-refractivity contribution in [3.05, 3.63) is 53.6 Å². The minimum Gasteiger partial charge on any atom is -0.545 e. The van der Waals surface area contributed by atoms with Gasteiger partial charge in [-0.05, 0) is 36.8 Å². The summed E-state index contributed by atoms with van der Waals surface area (Å²) < 4.78 is 32.2. The topological polar surface area (TPSA) is 95.5 Å². The van der Waals surface area contributed by atoms with Crippen molar-refractivity contribution >= 4 is 21.7 Å². The molecule has 0 bridgehead atoms. The summed E-state index contributed by atoms with van der Waals surface area (Å²) in [7, 11) is -2.52. The van der Waals surface area contributed by atoms with E-state index in [1.54, 1.807) is 31.2 Å². The number of ether oxygens (including phenoxy) is 1. The van der Waals surface area contributed by atoms with Crippen molar-refractivity contribution in [1.29, 1.82) is 0 Å². The monoisotopic (exact) mass is 320 g/mol. The average Bonchev–Trinajstić information content (AvgIpc) is 2.47. The summed E-state index contributed by atoms with van der Waals surface area (Å²) >= 11 is 0. The molecule has 0 aliphatic rings. The Morgan fingerprint density at radius 2 is 1.86 bits per heavy atom. The fourth-order valence-electron chi connectivity index (χ4n) is 1.92. The summed E-state index contributed by atoms with van der Waals surface area (Å²) in [6.07, 6.45) is 0. The van der Waals surface area contributed by atoms with Gasteiger partial charge in [-0.3, -0.25) is 4.72 Å². The predicted molar refractivity (Wildman–Crippen MR) is 79.3 cm³/mol. The molecule has 2 rings (SSSR count). The van der Waals surface area contributed by atoms with Crippen LogP contribution in [0.4, 0.5) is 5.69 Å². The van der Waals surface area contributed by atoms with Gasteiger partial charge in [0, 0.05) is 5.56 Å². The molecule has 2 aromatic rings. The molecule has 0 atom stereocenters. The van der Waals surface area contributed by atoms with Crippen molar-refractivity contribution in [2.45, 2.75) is 11.8 Å². The maximum absolute atomic E-state index is 12.4. The number of aryl methyl sites for hydroxylation is 1. The average molecular weight is 320 g/mol. The van der Waals surface area contributed by atoms with E-state index >= 15 is 0 Å². The Bertz CT molecular complexity index is 814. The van der Waals surface area contributed by atoms with Gasteiger partial charge in [-0.2, -0.15) is 0 Å². The van der Waals surface area contributed by atoms with Gasteiger partial charge in [-0.15, -0.1) is 0 Å². The third kappa shape index (κ3) is 3.20. The molecule has 116 valence electrons. The number of anilines is 1. The summed E-state index contributed by atoms with van der Waals surface area (Å²) in [5.74, 6) is -1.06. The zero-order valence-electron chi connectivity index (χ0n) is 12.0. The van der Waals surface area contributed by atoms with Crippen molar-refractivity contribution in [1.82, 2.24) is 0 Å². The SMILES string of the molecule is COc1ccccc1NS(=O)(=O)c1ccc(C)c(C(=O)[O-])c1. The number of benzene rings is 2. The van der Waals surface area contributed by atoms with Crippen molar-refractivity contribution in [3.63, 3.8) is 0 Å². The second-order valence-electron chi connectivity index (χ2n) is 4.57. The lowest BCUT2D eigenvalue weighted by molar-refractivity contribution is -0.255. The number of carboxylic acid groups (broad SMARTS) is 1. The Morgan fingerprint density at radius 1 is 1.18 bits per heavy atom. The lowest BCUT2D eigenvalue weighted by Crippen LogP contribution is -2.24. The lowest BCUT2D eigenvalue weighted by Gasteiger charge is -2.13. The van der Waals surface area contributed by atoms with Gasteiger partial charge in [0.1, 0.15) is 5.75 Å². The van der Waals surface area contributed by atoms with Gasteiger partial charge in [0.15, 0.2) is 0 Å². The van der Waals surface area contributed by atoms with Crippen LogP contribution in [0, 0.1) is 6.92 Å². The molecule has 0 saturated heterocycles. The molecule has 0 fully saturated rings. The first-order valence-corrected chi connectivity index (χ1v) is 7.81. The third-order valence-electron chi connectivity index (χ3n) is 3.09. The van der Waals surface area contributed by atoms with Crippen LogP contribution in [-0.4, -0.2) is 21.5 Å². The van der Waals surface area contributed by atoms with Crippen molar-refractivity contribution in [2.75, 3.05) is 11.8 Å². The zero-order valence-corrected chi connectivity index (χ0v) is 12.8. The Hall–Kier alpha value is -2.54. The van der Waals surface area contributed by atoms with E-state index in [-0.39, 0.29) is 16.1 Å². The number of methoxy groups -OCH3 is 1. The Kier molecular flexibility index (Phi) is 4.37. The number of nitrogens with one attached hydrogen (secondary N) is 1. The van der Waals surface area contributed by atoms with Gasteiger partial charge in [0.25, 0.3) is 10.0 Å². The molecule has 0 unspecified atom stereocenters. The smallest absolute Gasteiger partial charge is 0.262 e. The molecule has 0 spiro atoms. The lowest BCUT2D eigenvalue weighted by atomic mass is 10.1. The van der Waals surface area contributed by atoms with Crippen LogP contribution >= 0.6 is 0 Å². The molecule has 0 aliphatic carbocycles. The highest BCUT2D eigenvalue weighted by atomic mass is 32.2. The van der Waals surface area contributed by atoms with Crippen LogP contribution in [-0.2, 0) is 10.0 Å².